The zero-order valence-electron chi connectivity index (χ0n) is 5.06. The lowest BCUT2D eigenvalue weighted by Crippen LogP contribution is -2.12. The van der Waals surface area contributed by atoms with Gasteiger partial charge in [-0.15, -0.1) is 11.6 Å². The molecule has 38 valence electrons. The molecule has 0 amide bonds. The van der Waals surface area contributed by atoms with Gasteiger partial charge in [0.2, 0.25) is 0 Å². The summed E-state index contributed by atoms with van der Waals surface area (Å²) >= 11 is 4.91. The Kier molecular flexibility index (Phi) is 1.84. The molecule has 0 aromatic carbocycles. The summed E-state index contributed by atoms with van der Waals surface area (Å²) in [6.07, 6.45) is -1.50. The summed E-state index contributed by atoms with van der Waals surface area (Å²) in [5.41, 5.74) is 0. The van der Waals surface area contributed by atoms with E-state index in [-0.39, 0.29) is 0 Å². The second-order valence-corrected chi connectivity index (χ2v) is 1.03. The van der Waals surface area contributed by atoms with Crippen LogP contribution in [0.4, 0.5) is 0 Å². The number of aliphatic hydroxyl groups excluding tert-OH is 2. The molecule has 0 aromatic heterocycles. The molecule has 0 aliphatic heterocycles. The molecule has 2 nitrogen and oxygen atoms in total. The van der Waals surface area contributed by atoms with Crippen molar-refractivity contribution in [3.05, 3.63) is 0 Å². The minimum Gasteiger partial charge on any atom is -0.394 e. The van der Waals surface area contributed by atoms with E-state index in [1.165, 1.54) is 0 Å². The molecule has 0 rings (SSSR count). The average Bonchev–Trinajstić information content (AvgIpc) is 1.62. The predicted molar refractivity (Wildman–Crippen MR) is 23.8 cm³/mol. The van der Waals surface area contributed by atoms with Gasteiger partial charge in [-0.05, 0) is 0 Å². The van der Waals surface area contributed by atoms with E-state index >= 15 is 0 Å². The minimum absolute atomic E-state index is 0.656. The third kappa shape index (κ3) is 2.45. The Morgan fingerprint density at radius 3 is 2.50 bits per heavy atom. The zero-order chi connectivity index (χ0) is 6.78. The highest BCUT2D eigenvalue weighted by Crippen LogP contribution is 1.81. The summed E-state index contributed by atoms with van der Waals surface area (Å²) in [5.74, 6) is -2.21. The molecule has 0 aromatic rings. The lowest BCUT2D eigenvalue weighted by molar-refractivity contribution is 0.112. The topological polar surface area (TPSA) is 40.5 Å². The largest absolute Gasteiger partial charge is 0.394 e. The fourth-order valence-electron chi connectivity index (χ4n) is 0.0345. The van der Waals surface area contributed by atoms with Gasteiger partial charge in [0.15, 0.2) is 0 Å². The summed E-state index contributed by atoms with van der Waals surface area (Å²) < 4.78 is 13.1. The highest BCUT2D eigenvalue weighted by atomic mass is 35.5. The van der Waals surface area contributed by atoms with Gasteiger partial charge in [-0.25, -0.2) is 0 Å². The molecule has 1 atom stereocenters. The van der Waals surface area contributed by atoms with Crippen molar-refractivity contribution in [2.45, 2.75) is 6.10 Å². The first kappa shape index (κ1) is 3.24. The summed E-state index contributed by atoms with van der Waals surface area (Å²) in [7, 11) is 0. The molecule has 0 radical (unpaired) electrons. The second-order valence-electron chi connectivity index (χ2n) is 0.807. The van der Waals surface area contributed by atoms with E-state index in [1.807, 2.05) is 0 Å². The molecule has 0 heterocycles. The number of rotatable bonds is 2. The van der Waals surface area contributed by atoms with Gasteiger partial charge in [0, 0.05) is 2.74 Å². The Morgan fingerprint density at radius 2 is 2.50 bits per heavy atom. The van der Waals surface area contributed by atoms with Gasteiger partial charge in [-0.1, -0.05) is 0 Å². The van der Waals surface area contributed by atoms with Gasteiger partial charge in [0.25, 0.3) is 0 Å². The van der Waals surface area contributed by atoms with Crippen LogP contribution in [0.25, 0.3) is 0 Å². The maximum absolute atomic E-state index is 8.44. The summed E-state index contributed by atoms with van der Waals surface area (Å²) in [6.45, 7) is -0.656. The molecule has 0 spiro atoms. The van der Waals surface area contributed by atoms with E-state index in [9.17, 15) is 0 Å². The van der Waals surface area contributed by atoms with Gasteiger partial charge >= 0.3 is 0 Å². The Labute approximate surface area is 44.2 Å². The lowest BCUT2D eigenvalue weighted by Gasteiger charge is -1.95. The fourth-order valence-corrected chi connectivity index (χ4v) is 0.104. The second kappa shape index (κ2) is 3.40. The van der Waals surface area contributed by atoms with E-state index in [0.29, 0.717) is 0 Å². The van der Waals surface area contributed by atoms with Crippen molar-refractivity contribution in [2.24, 2.45) is 0 Å². The van der Waals surface area contributed by atoms with Crippen molar-refractivity contribution in [1.82, 2.24) is 0 Å². The van der Waals surface area contributed by atoms with Gasteiger partial charge in [0.1, 0.15) is 0 Å². The van der Waals surface area contributed by atoms with Crippen molar-refractivity contribution in [3.63, 3.8) is 0 Å². The lowest BCUT2D eigenvalue weighted by atomic mass is 10.5. The van der Waals surface area contributed by atoms with Crippen LogP contribution in [0, 0.1) is 0 Å². The normalized spacial score (nSPS) is 21.8. The predicted octanol–water partition coefficient (Wildman–Crippen LogP) is -0.422. The van der Waals surface area contributed by atoms with E-state index in [0.717, 1.165) is 0 Å². The summed E-state index contributed by atoms with van der Waals surface area (Å²) in [6, 6.07) is 0. The van der Waals surface area contributed by atoms with Gasteiger partial charge < -0.3 is 10.2 Å². The standard InChI is InChI=1S/C3H7ClO2/c4-1-3(6)2-5/h3,5-6H,1-2H2/t3-/m0/s1/i1D2. The molecule has 0 fully saturated rings. The van der Waals surface area contributed by atoms with E-state index in [2.05, 4.69) is 0 Å². The van der Waals surface area contributed by atoms with Gasteiger partial charge in [-0.3, -0.25) is 0 Å². The molecular formula is C3H7ClO2. The van der Waals surface area contributed by atoms with Gasteiger partial charge in [-0.2, -0.15) is 0 Å². The quantitative estimate of drug-likeness (QED) is 0.477. The van der Waals surface area contributed by atoms with Crippen LogP contribution in [0.5, 0.6) is 0 Å². The zero-order valence-corrected chi connectivity index (χ0v) is 3.81. The van der Waals surface area contributed by atoms with Crippen molar-refractivity contribution in [3.8, 4) is 0 Å². The number of hydrogen-bond acceptors (Lipinski definition) is 2. The molecule has 0 aliphatic rings. The highest BCUT2D eigenvalue weighted by molar-refractivity contribution is 6.18. The highest BCUT2D eigenvalue weighted by Gasteiger charge is 1.94. The molecule has 0 saturated heterocycles. The third-order valence-corrected chi connectivity index (χ3v) is 0.551. The minimum atomic E-state index is -2.21. The Balaban J connectivity index is 3.62. The van der Waals surface area contributed by atoms with Crippen LogP contribution in [-0.2, 0) is 0 Å². The van der Waals surface area contributed by atoms with Crippen LogP contribution >= 0.6 is 11.6 Å². The maximum atomic E-state index is 8.44. The van der Waals surface area contributed by atoms with Crippen molar-refractivity contribution >= 4 is 11.6 Å². The first-order valence-corrected chi connectivity index (χ1v) is 1.84. The molecule has 0 bridgehead atoms. The molecule has 2 N–H and O–H groups in total. The molecule has 6 heavy (non-hydrogen) atoms. The number of aliphatic hydroxyl groups is 2. The van der Waals surface area contributed by atoms with Crippen molar-refractivity contribution in [2.75, 3.05) is 12.4 Å². The van der Waals surface area contributed by atoms with Crippen LogP contribution in [0.15, 0.2) is 0 Å². The number of alkyl halides is 1. The first-order valence-electron chi connectivity index (χ1n) is 2.46. The first-order chi connectivity index (χ1) is 3.48. The SMILES string of the molecule is [2H]C([2H])(Cl)[C@H](O)CO. The molecular weight excluding hydrogens is 103 g/mol. The Hall–Kier alpha value is 0.210. The fraction of sp³-hybridized carbons (Fsp3) is 1.00. The molecule has 0 unspecified atom stereocenters. The van der Waals surface area contributed by atoms with Crippen LogP contribution < -0.4 is 0 Å². The summed E-state index contributed by atoms with van der Waals surface area (Å²) in [4.78, 5) is 0. The molecule has 0 saturated carbocycles. The van der Waals surface area contributed by atoms with E-state index in [4.69, 9.17) is 24.6 Å². The Bertz CT molecular complexity index is 72.2. The van der Waals surface area contributed by atoms with Gasteiger partial charge in [0.05, 0.1) is 18.5 Å². The monoisotopic (exact) mass is 112 g/mol. The average molecular weight is 113 g/mol. The maximum Gasteiger partial charge on any atom is 0.0905 e. The molecule has 0 aliphatic carbocycles. The third-order valence-electron chi connectivity index (χ3n) is 0.299. The number of hydrogen-bond donors (Lipinski definition) is 2. The van der Waals surface area contributed by atoms with E-state index in [1.54, 1.807) is 0 Å². The van der Waals surface area contributed by atoms with Crippen LogP contribution in [0.1, 0.15) is 2.74 Å². The molecule has 3 heteroatoms. The summed E-state index contributed by atoms with van der Waals surface area (Å²) in [5, 5.41) is 16.5. The number of halogens is 1. The van der Waals surface area contributed by atoms with E-state index < -0.39 is 18.5 Å². The van der Waals surface area contributed by atoms with Crippen LogP contribution in [0.2, 0.25) is 0 Å². The smallest absolute Gasteiger partial charge is 0.0905 e. The van der Waals surface area contributed by atoms with Crippen LogP contribution in [0.3, 0.4) is 0 Å². The Morgan fingerprint density at radius 1 is 2.00 bits per heavy atom. The van der Waals surface area contributed by atoms with Crippen molar-refractivity contribution in [1.29, 1.82) is 0 Å². The van der Waals surface area contributed by atoms with Crippen LogP contribution in [-0.4, -0.2) is 28.8 Å². The van der Waals surface area contributed by atoms with Crippen molar-refractivity contribution < 1.29 is 13.0 Å².